The molecular formula is C18H26N2O. The smallest absolute Gasteiger partial charge is 0.119 e. The van der Waals surface area contributed by atoms with Crippen molar-refractivity contribution in [2.24, 2.45) is 11.8 Å². The predicted molar refractivity (Wildman–Crippen MR) is 84.7 cm³/mol. The summed E-state index contributed by atoms with van der Waals surface area (Å²) in [5.41, 5.74) is 3.06. The van der Waals surface area contributed by atoms with Crippen molar-refractivity contribution in [3.8, 4) is 5.75 Å². The Bertz CT molecular complexity index is 530. The molecule has 114 valence electrons. The van der Waals surface area contributed by atoms with Crippen LogP contribution in [0.5, 0.6) is 5.75 Å². The standard InChI is InChI=1S/C18H26N2O/c1-3-17-16-10-19-9-13(16)11-20(17)18-7-5-12-4-6-14(21-2)8-15(12)18/h4,6,8,13,16-19H,3,5,7,9-11H2,1-2H3. The van der Waals surface area contributed by atoms with E-state index >= 15 is 0 Å². The third-order valence-corrected chi connectivity index (χ3v) is 5.98. The van der Waals surface area contributed by atoms with Gasteiger partial charge in [-0.2, -0.15) is 0 Å². The van der Waals surface area contributed by atoms with Crippen LogP contribution in [0.1, 0.15) is 36.9 Å². The summed E-state index contributed by atoms with van der Waals surface area (Å²) in [4.78, 5) is 2.82. The molecular weight excluding hydrogens is 260 g/mol. The first kappa shape index (κ1) is 13.6. The molecule has 0 radical (unpaired) electrons. The number of hydrogen-bond donors (Lipinski definition) is 1. The quantitative estimate of drug-likeness (QED) is 0.924. The number of methoxy groups -OCH3 is 1. The molecule has 1 aromatic rings. The molecule has 1 N–H and O–H groups in total. The maximum Gasteiger partial charge on any atom is 0.119 e. The highest BCUT2D eigenvalue weighted by Gasteiger charge is 2.46. The Labute approximate surface area is 127 Å². The van der Waals surface area contributed by atoms with Crippen molar-refractivity contribution in [1.82, 2.24) is 10.2 Å². The predicted octanol–water partition coefficient (Wildman–Crippen LogP) is 2.61. The summed E-state index contributed by atoms with van der Waals surface area (Å²) in [5.74, 6) is 2.74. The molecule has 4 unspecified atom stereocenters. The van der Waals surface area contributed by atoms with E-state index in [4.69, 9.17) is 4.74 Å². The molecule has 0 spiro atoms. The molecule has 21 heavy (non-hydrogen) atoms. The fraction of sp³-hybridized carbons (Fsp3) is 0.667. The van der Waals surface area contributed by atoms with Crippen LogP contribution in [0.25, 0.3) is 0 Å². The van der Waals surface area contributed by atoms with Gasteiger partial charge in [-0.3, -0.25) is 4.90 Å². The van der Waals surface area contributed by atoms with Gasteiger partial charge in [-0.1, -0.05) is 13.0 Å². The molecule has 3 heteroatoms. The molecule has 0 bridgehead atoms. The molecule has 3 aliphatic rings. The van der Waals surface area contributed by atoms with E-state index in [9.17, 15) is 0 Å². The van der Waals surface area contributed by atoms with E-state index in [1.807, 2.05) is 0 Å². The Hall–Kier alpha value is -1.06. The Kier molecular flexibility index (Phi) is 3.43. The second-order valence-corrected chi connectivity index (χ2v) is 6.87. The van der Waals surface area contributed by atoms with Crippen LogP contribution in [0.15, 0.2) is 18.2 Å². The Morgan fingerprint density at radius 3 is 3.05 bits per heavy atom. The summed E-state index contributed by atoms with van der Waals surface area (Å²) < 4.78 is 5.45. The van der Waals surface area contributed by atoms with Crippen LogP contribution in [-0.2, 0) is 6.42 Å². The van der Waals surface area contributed by atoms with Gasteiger partial charge in [0.2, 0.25) is 0 Å². The van der Waals surface area contributed by atoms with Gasteiger partial charge in [0.25, 0.3) is 0 Å². The number of rotatable bonds is 3. The maximum atomic E-state index is 5.45. The van der Waals surface area contributed by atoms with E-state index in [1.165, 1.54) is 50.0 Å². The van der Waals surface area contributed by atoms with Crippen molar-refractivity contribution >= 4 is 0 Å². The van der Waals surface area contributed by atoms with E-state index < -0.39 is 0 Å². The summed E-state index contributed by atoms with van der Waals surface area (Å²) in [7, 11) is 1.77. The summed E-state index contributed by atoms with van der Waals surface area (Å²) in [5, 5.41) is 3.59. The molecule has 4 atom stereocenters. The zero-order valence-electron chi connectivity index (χ0n) is 13.1. The highest BCUT2D eigenvalue weighted by Crippen LogP contribution is 2.45. The van der Waals surface area contributed by atoms with Gasteiger partial charge in [-0.05, 0) is 67.4 Å². The second kappa shape index (κ2) is 5.29. The van der Waals surface area contributed by atoms with E-state index in [1.54, 1.807) is 7.11 Å². The van der Waals surface area contributed by atoms with Gasteiger partial charge < -0.3 is 10.1 Å². The molecule has 1 aromatic carbocycles. The minimum atomic E-state index is 0.616. The largest absolute Gasteiger partial charge is 0.497 e. The van der Waals surface area contributed by atoms with Crippen LogP contribution < -0.4 is 10.1 Å². The lowest BCUT2D eigenvalue weighted by atomic mass is 9.92. The first-order valence-electron chi connectivity index (χ1n) is 8.45. The normalized spacial score (nSPS) is 35.0. The van der Waals surface area contributed by atoms with Gasteiger partial charge in [0, 0.05) is 18.6 Å². The molecule has 0 saturated carbocycles. The van der Waals surface area contributed by atoms with E-state index in [0.717, 1.165) is 23.6 Å². The van der Waals surface area contributed by atoms with Gasteiger partial charge in [-0.25, -0.2) is 0 Å². The molecule has 2 saturated heterocycles. The zero-order valence-corrected chi connectivity index (χ0v) is 13.1. The van der Waals surface area contributed by atoms with Crippen LogP contribution in [0, 0.1) is 11.8 Å². The molecule has 3 nitrogen and oxygen atoms in total. The lowest BCUT2D eigenvalue weighted by Crippen LogP contribution is -2.37. The van der Waals surface area contributed by atoms with Gasteiger partial charge in [0.1, 0.15) is 5.75 Å². The first-order valence-corrected chi connectivity index (χ1v) is 8.45. The van der Waals surface area contributed by atoms with Crippen LogP contribution >= 0.6 is 0 Å². The van der Waals surface area contributed by atoms with Crippen molar-refractivity contribution in [2.75, 3.05) is 26.7 Å². The molecule has 1 aliphatic carbocycles. The number of fused-ring (bicyclic) bond motifs is 2. The number of ether oxygens (including phenoxy) is 1. The van der Waals surface area contributed by atoms with Crippen molar-refractivity contribution in [3.05, 3.63) is 29.3 Å². The lowest BCUT2D eigenvalue weighted by Gasteiger charge is -2.33. The van der Waals surface area contributed by atoms with Gasteiger partial charge >= 0.3 is 0 Å². The number of aryl methyl sites for hydroxylation is 1. The van der Waals surface area contributed by atoms with E-state index in [-0.39, 0.29) is 0 Å². The van der Waals surface area contributed by atoms with E-state index in [0.29, 0.717) is 6.04 Å². The fourth-order valence-corrected chi connectivity index (χ4v) is 4.98. The number of hydrogen-bond acceptors (Lipinski definition) is 3. The van der Waals surface area contributed by atoms with Crippen molar-refractivity contribution < 1.29 is 4.74 Å². The molecule has 2 heterocycles. The molecule has 0 amide bonds. The average Bonchev–Trinajstić information content (AvgIpc) is 3.19. The Morgan fingerprint density at radius 1 is 1.33 bits per heavy atom. The zero-order chi connectivity index (χ0) is 14.4. The van der Waals surface area contributed by atoms with Gasteiger partial charge in [0.05, 0.1) is 7.11 Å². The Morgan fingerprint density at radius 2 is 2.24 bits per heavy atom. The molecule has 0 aromatic heterocycles. The average molecular weight is 286 g/mol. The number of nitrogens with zero attached hydrogens (tertiary/aromatic N) is 1. The number of nitrogens with one attached hydrogen (secondary N) is 1. The Balaban J connectivity index is 1.64. The molecule has 2 fully saturated rings. The number of benzene rings is 1. The SMILES string of the molecule is CCC1C2CNCC2CN1C1CCc2ccc(OC)cc21. The lowest BCUT2D eigenvalue weighted by molar-refractivity contribution is 0.154. The highest BCUT2D eigenvalue weighted by molar-refractivity contribution is 5.41. The number of likely N-dealkylation sites (tertiary alicyclic amines) is 1. The van der Waals surface area contributed by atoms with Crippen molar-refractivity contribution in [3.63, 3.8) is 0 Å². The van der Waals surface area contributed by atoms with Crippen LogP contribution in [0.2, 0.25) is 0 Å². The van der Waals surface area contributed by atoms with Crippen molar-refractivity contribution in [2.45, 2.75) is 38.3 Å². The highest BCUT2D eigenvalue weighted by atomic mass is 16.5. The fourth-order valence-electron chi connectivity index (χ4n) is 4.98. The summed E-state index contributed by atoms with van der Waals surface area (Å²) in [6, 6.07) is 8.04. The van der Waals surface area contributed by atoms with Crippen LogP contribution in [-0.4, -0.2) is 37.7 Å². The third-order valence-electron chi connectivity index (χ3n) is 5.98. The van der Waals surface area contributed by atoms with E-state index in [2.05, 4.69) is 35.3 Å². The summed E-state index contributed by atoms with van der Waals surface area (Å²) in [6.45, 7) is 6.07. The summed E-state index contributed by atoms with van der Waals surface area (Å²) in [6.07, 6.45) is 3.79. The first-order chi connectivity index (χ1) is 10.3. The second-order valence-electron chi connectivity index (χ2n) is 6.87. The van der Waals surface area contributed by atoms with Gasteiger partial charge in [-0.15, -0.1) is 0 Å². The topological polar surface area (TPSA) is 24.5 Å². The van der Waals surface area contributed by atoms with Crippen molar-refractivity contribution in [1.29, 1.82) is 0 Å². The molecule has 4 rings (SSSR count). The molecule has 2 aliphatic heterocycles. The van der Waals surface area contributed by atoms with Gasteiger partial charge in [0.15, 0.2) is 0 Å². The maximum absolute atomic E-state index is 5.45. The third kappa shape index (κ3) is 2.09. The summed E-state index contributed by atoms with van der Waals surface area (Å²) >= 11 is 0. The van der Waals surface area contributed by atoms with Crippen LogP contribution in [0.3, 0.4) is 0 Å². The monoisotopic (exact) mass is 286 g/mol. The minimum absolute atomic E-state index is 0.616. The minimum Gasteiger partial charge on any atom is -0.497 e. The van der Waals surface area contributed by atoms with Crippen LogP contribution in [0.4, 0.5) is 0 Å².